The SMILES string of the molecule is Cc1cc(C)c2nc(-c3ccc(C)c(N)c3)[nH]c2c1. The fourth-order valence-electron chi connectivity index (χ4n) is 2.40. The second kappa shape index (κ2) is 4.12. The first-order chi connectivity index (χ1) is 9.04. The fraction of sp³-hybridized carbons (Fsp3) is 0.188. The molecule has 0 fully saturated rings. The van der Waals surface area contributed by atoms with Crippen molar-refractivity contribution in [2.75, 3.05) is 5.73 Å². The molecule has 0 spiro atoms. The van der Waals surface area contributed by atoms with Crippen molar-refractivity contribution in [1.29, 1.82) is 0 Å². The summed E-state index contributed by atoms with van der Waals surface area (Å²) in [5, 5.41) is 0. The van der Waals surface area contributed by atoms with Gasteiger partial charge in [-0.15, -0.1) is 0 Å². The van der Waals surface area contributed by atoms with E-state index in [-0.39, 0.29) is 0 Å². The molecule has 19 heavy (non-hydrogen) atoms. The molecule has 0 aliphatic carbocycles. The molecule has 0 saturated heterocycles. The molecule has 0 atom stereocenters. The number of aromatic amines is 1. The minimum atomic E-state index is 0.797. The van der Waals surface area contributed by atoms with E-state index >= 15 is 0 Å². The van der Waals surface area contributed by atoms with Crippen molar-refractivity contribution in [1.82, 2.24) is 9.97 Å². The molecule has 1 heterocycles. The van der Waals surface area contributed by atoms with E-state index in [0.717, 1.165) is 33.7 Å². The Balaban J connectivity index is 2.20. The van der Waals surface area contributed by atoms with Crippen LogP contribution in [-0.4, -0.2) is 9.97 Å². The summed E-state index contributed by atoms with van der Waals surface area (Å²) in [6, 6.07) is 10.3. The van der Waals surface area contributed by atoms with Gasteiger partial charge in [0.05, 0.1) is 11.0 Å². The van der Waals surface area contributed by atoms with E-state index in [1.807, 2.05) is 25.1 Å². The number of benzene rings is 2. The number of anilines is 1. The highest BCUT2D eigenvalue weighted by atomic mass is 14.9. The average molecular weight is 251 g/mol. The van der Waals surface area contributed by atoms with Crippen molar-refractivity contribution in [3.63, 3.8) is 0 Å². The van der Waals surface area contributed by atoms with Gasteiger partial charge in [-0.1, -0.05) is 18.2 Å². The second-order valence-corrected chi connectivity index (χ2v) is 5.13. The average Bonchev–Trinajstić information content (AvgIpc) is 2.76. The summed E-state index contributed by atoms with van der Waals surface area (Å²) < 4.78 is 0. The lowest BCUT2D eigenvalue weighted by Crippen LogP contribution is -1.90. The molecule has 0 amide bonds. The van der Waals surface area contributed by atoms with Crippen LogP contribution in [0.2, 0.25) is 0 Å². The first-order valence-corrected chi connectivity index (χ1v) is 6.38. The Kier molecular flexibility index (Phi) is 2.56. The zero-order chi connectivity index (χ0) is 13.6. The van der Waals surface area contributed by atoms with Crippen LogP contribution in [0, 0.1) is 20.8 Å². The Bertz CT molecular complexity index is 769. The molecule has 0 unspecified atom stereocenters. The first-order valence-electron chi connectivity index (χ1n) is 6.38. The molecule has 2 aromatic carbocycles. The van der Waals surface area contributed by atoms with Gasteiger partial charge in [0, 0.05) is 11.3 Å². The minimum absolute atomic E-state index is 0.797. The smallest absolute Gasteiger partial charge is 0.138 e. The number of hydrogen-bond donors (Lipinski definition) is 2. The molecule has 0 aliphatic heterocycles. The third kappa shape index (κ3) is 1.97. The highest BCUT2D eigenvalue weighted by Gasteiger charge is 2.08. The molecule has 1 aromatic heterocycles. The number of aromatic nitrogens is 2. The van der Waals surface area contributed by atoms with Crippen molar-refractivity contribution >= 4 is 16.7 Å². The number of nitrogens with one attached hydrogen (secondary N) is 1. The molecule has 3 rings (SSSR count). The van der Waals surface area contributed by atoms with E-state index < -0.39 is 0 Å². The standard InChI is InChI=1S/C16H17N3/c1-9-6-11(3)15-14(7-9)18-16(19-15)12-5-4-10(2)13(17)8-12/h4-8H,17H2,1-3H3,(H,18,19). The van der Waals surface area contributed by atoms with Crippen LogP contribution in [0.3, 0.4) is 0 Å². The second-order valence-electron chi connectivity index (χ2n) is 5.13. The summed E-state index contributed by atoms with van der Waals surface area (Å²) in [5.74, 6) is 0.871. The van der Waals surface area contributed by atoms with Crippen molar-refractivity contribution in [2.45, 2.75) is 20.8 Å². The van der Waals surface area contributed by atoms with E-state index in [1.54, 1.807) is 0 Å². The summed E-state index contributed by atoms with van der Waals surface area (Å²) in [4.78, 5) is 8.06. The summed E-state index contributed by atoms with van der Waals surface area (Å²) in [6.07, 6.45) is 0. The lowest BCUT2D eigenvalue weighted by Gasteiger charge is -2.01. The Labute approximate surface area is 112 Å². The van der Waals surface area contributed by atoms with Gasteiger partial charge in [0.15, 0.2) is 0 Å². The molecule has 0 radical (unpaired) electrons. The van der Waals surface area contributed by atoms with Crippen LogP contribution in [0.15, 0.2) is 30.3 Å². The minimum Gasteiger partial charge on any atom is -0.398 e. The maximum atomic E-state index is 5.96. The molecular weight excluding hydrogens is 234 g/mol. The van der Waals surface area contributed by atoms with Gasteiger partial charge in [-0.2, -0.15) is 0 Å². The van der Waals surface area contributed by atoms with Crippen LogP contribution in [-0.2, 0) is 0 Å². The molecule has 0 bridgehead atoms. The molecule has 3 N–H and O–H groups in total. The van der Waals surface area contributed by atoms with Crippen molar-refractivity contribution in [3.05, 3.63) is 47.0 Å². The third-order valence-corrected chi connectivity index (χ3v) is 3.47. The van der Waals surface area contributed by atoms with Gasteiger partial charge in [-0.05, 0) is 49.6 Å². The number of nitrogen functional groups attached to an aromatic ring is 1. The zero-order valence-electron chi connectivity index (χ0n) is 11.4. The van der Waals surface area contributed by atoms with E-state index in [9.17, 15) is 0 Å². The molecule has 0 saturated carbocycles. The van der Waals surface area contributed by atoms with Crippen molar-refractivity contribution < 1.29 is 0 Å². The zero-order valence-corrected chi connectivity index (χ0v) is 11.4. The maximum absolute atomic E-state index is 5.96. The molecule has 3 heteroatoms. The van der Waals surface area contributed by atoms with Gasteiger partial charge in [0.25, 0.3) is 0 Å². The predicted octanol–water partition coefficient (Wildman–Crippen LogP) is 3.74. The number of aryl methyl sites for hydroxylation is 3. The number of rotatable bonds is 1. The van der Waals surface area contributed by atoms with Crippen LogP contribution in [0.5, 0.6) is 0 Å². The van der Waals surface area contributed by atoms with Crippen LogP contribution in [0.4, 0.5) is 5.69 Å². The summed E-state index contributed by atoms with van der Waals surface area (Å²) in [5.41, 5.74) is 13.4. The number of imidazole rings is 1. The lowest BCUT2D eigenvalue weighted by atomic mass is 10.1. The van der Waals surface area contributed by atoms with Gasteiger partial charge in [0.1, 0.15) is 5.82 Å². The van der Waals surface area contributed by atoms with Gasteiger partial charge in [-0.3, -0.25) is 0 Å². The van der Waals surface area contributed by atoms with Crippen LogP contribution in [0.25, 0.3) is 22.4 Å². The van der Waals surface area contributed by atoms with Crippen LogP contribution in [0.1, 0.15) is 16.7 Å². The van der Waals surface area contributed by atoms with Crippen molar-refractivity contribution in [3.8, 4) is 11.4 Å². The maximum Gasteiger partial charge on any atom is 0.138 e. The molecule has 3 nitrogen and oxygen atoms in total. The van der Waals surface area contributed by atoms with Crippen LogP contribution < -0.4 is 5.73 Å². The number of hydrogen-bond acceptors (Lipinski definition) is 2. The molecule has 0 aliphatic rings. The topological polar surface area (TPSA) is 54.7 Å². The van der Waals surface area contributed by atoms with E-state index in [0.29, 0.717) is 0 Å². The van der Waals surface area contributed by atoms with Crippen LogP contribution >= 0.6 is 0 Å². The third-order valence-electron chi connectivity index (χ3n) is 3.47. The van der Waals surface area contributed by atoms with Gasteiger partial charge in [-0.25, -0.2) is 4.98 Å². The Hall–Kier alpha value is -2.29. The summed E-state index contributed by atoms with van der Waals surface area (Å²) in [7, 11) is 0. The summed E-state index contributed by atoms with van der Waals surface area (Å²) >= 11 is 0. The number of fused-ring (bicyclic) bond motifs is 1. The lowest BCUT2D eigenvalue weighted by molar-refractivity contribution is 1.32. The predicted molar refractivity (Wildman–Crippen MR) is 80.2 cm³/mol. The monoisotopic (exact) mass is 251 g/mol. The quantitative estimate of drug-likeness (QED) is 0.647. The molecule has 3 aromatic rings. The Morgan fingerprint density at radius 1 is 1.00 bits per heavy atom. The van der Waals surface area contributed by atoms with E-state index in [1.165, 1.54) is 11.1 Å². The number of nitrogens with two attached hydrogens (primary N) is 1. The number of nitrogens with zero attached hydrogens (tertiary/aromatic N) is 1. The largest absolute Gasteiger partial charge is 0.398 e. The highest BCUT2D eigenvalue weighted by molar-refractivity contribution is 5.83. The van der Waals surface area contributed by atoms with Gasteiger partial charge < -0.3 is 10.7 Å². The van der Waals surface area contributed by atoms with E-state index in [2.05, 4.69) is 35.9 Å². The molecular formula is C16H17N3. The Morgan fingerprint density at radius 3 is 2.53 bits per heavy atom. The fourth-order valence-corrected chi connectivity index (χ4v) is 2.40. The van der Waals surface area contributed by atoms with E-state index in [4.69, 9.17) is 5.73 Å². The van der Waals surface area contributed by atoms with Gasteiger partial charge >= 0.3 is 0 Å². The summed E-state index contributed by atoms with van der Waals surface area (Å²) in [6.45, 7) is 6.19. The Morgan fingerprint density at radius 2 is 1.79 bits per heavy atom. The van der Waals surface area contributed by atoms with Gasteiger partial charge in [0.2, 0.25) is 0 Å². The first kappa shape index (κ1) is 11.8. The normalized spacial score (nSPS) is 11.1. The highest BCUT2D eigenvalue weighted by Crippen LogP contribution is 2.26. The van der Waals surface area contributed by atoms with Crippen molar-refractivity contribution in [2.24, 2.45) is 0 Å². The number of H-pyrrole nitrogens is 1. The molecule has 96 valence electrons.